The van der Waals surface area contributed by atoms with Crippen molar-refractivity contribution in [3.63, 3.8) is 0 Å². The number of aromatic nitrogens is 5. The van der Waals surface area contributed by atoms with E-state index in [0.29, 0.717) is 34.3 Å². The van der Waals surface area contributed by atoms with E-state index >= 15 is 0 Å². The molecule has 2 aromatic carbocycles. The highest BCUT2D eigenvalue weighted by Crippen LogP contribution is 2.48. The summed E-state index contributed by atoms with van der Waals surface area (Å²) in [6.45, 7) is 1.77. The lowest BCUT2D eigenvalue weighted by Gasteiger charge is -2.27. The molecule has 1 aliphatic heterocycles. The smallest absolute Gasteiger partial charge is 0.270 e. The monoisotopic (exact) mass is 709 g/mol. The van der Waals surface area contributed by atoms with E-state index in [1.54, 1.807) is 54.2 Å². The summed E-state index contributed by atoms with van der Waals surface area (Å²) in [7, 11) is 1.92. The van der Waals surface area contributed by atoms with E-state index < -0.39 is 22.5 Å². The molecule has 8 rings (SSSR count). The van der Waals surface area contributed by atoms with Gasteiger partial charge in [0.05, 0.1) is 23.1 Å². The minimum atomic E-state index is -1.27. The molecule has 5 aromatic rings. The molecule has 12 nitrogen and oxygen atoms in total. The number of anilines is 3. The van der Waals surface area contributed by atoms with Crippen LogP contribution in [0, 0.1) is 0 Å². The molecule has 0 unspecified atom stereocenters. The number of rotatable bonds is 9. The number of benzene rings is 2. The summed E-state index contributed by atoms with van der Waals surface area (Å²) in [4.78, 5) is 57.4. The summed E-state index contributed by atoms with van der Waals surface area (Å²) in [5, 5.41) is 6.89. The van der Waals surface area contributed by atoms with Crippen molar-refractivity contribution < 1.29 is 14.4 Å². The summed E-state index contributed by atoms with van der Waals surface area (Å²) in [5.41, 5.74) is 6.59. The maximum atomic E-state index is 14.4. The van der Waals surface area contributed by atoms with Crippen molar-refractivity contribution in [1.82, 2.24) is 34.7 Å². The number of amides is 3. The van der Waals surface area contributed by atoms with Gasteiger partial charge in [0.2, 0.25) is 11.9 Å². The van der Waals surface area contributed by atoms with Gasteiger partial charge >= 0.3 is 0 Å². The van der Waals surface area contributed by atoms with Crippen molar-refractivity contribution in [2.45, 2.75) is 55.6 Å². The first-order chi connectivity index (χ1) is 23.9. The minimum absolute atomic E-state index is 0.147. The Labute approximate surface area is 297 Å². The van der Waals surface area contributed by atoms with Crippen molar-refractivity contribution >= 4 is 58.2 Å². The standard InChI is InChI=1S/C36H33Cl2N9O3/c1-34(18-21-3-6-25(39)7-4-21)32(50)46(26-16-23(37)15-24(38)17-26)33-42-20-27(47(33)34)30(48)43-36(11-12-36)31(49)44-35(9-10-35)28-8-5-22(19-41-28)29-40-13-14-45(29)2/h3-8,13-17,19-20H,9-12,18,39H2,1-2H3,(H,43,48)(H,44,49)/t34-/m1/s1. The zero-order valence-electron chi connectivity index (χ0n) is 27.3. The van der Waals surface area contributed by atoms with Crippen LogP contribution in [0.25, 0.3) is 11.4 Å². The minimum Gasteiger partial charge on any atom is -0.399 e. The molecule has 2 aliphatic carbocycles. The topological polar surface area (TPSA) is 153 Å². The third kappa shape index (κ3) is 5.30. The van der Waals surface area contributed by atoms with E-state index in [1.165, 1.54) is 11.1 Å². The molecule has 254 valence electrons. The Kier molecular flexibility index (Phi) is 7.32. The lowest BCUT2D eigenvalue weighted by atomic mass is 9.91. The van der Waals surface area contributed by atoms with Crippen molar-refractivity contribution in [2.24, 2.45) is 7.05 Å². The lowest BCUT2D eigenvalue weighted by molar-refractivity contribution is -0.125. The van der Waals surface area contributed by atoms with E-state index in [9.17, 15) is 14.4 Å². The number of hydrogen-bond donors (Lipinski definition) is 3. The molecule has 2 saturated carbocycles. The molecule has 3 aliphatic rings. The lowest BCUT2D eigenvalue weighted by Crippen LogP contribution is -2.52. The number of hydrogen-bond acceptors (Lipinski definition) is 7. The zero-order valence-corrected chi connectivity index (χ0v) is 28.8. The number of carbonyl (C=O) groups is 3. The summed E-state index contributed by atoms with van der Waals surface area (Å²) in [6, 6.07) is 15.9. The summed E-state index contributed by atoms with van der Waals surface area (Å²) >= 11 is 12.7. The Balaban J connectivity index is 1.07. The van der Waals surface area contributed by atoms with E-state index in [-0.39, 0.29) is 29.9 Å². The van der Waals surface area contributed by atoms with E-state index in [4.69, 9.17) is 28.9 Å². The molecule has 0 radical (unpaired) electrons. The summed E-state index contributed by atoms with van der Waals surface area (Å²) < 4.78 is 3.56. The molecule has 3 aromatic heterocycles. The zero-order chi connectivity index (χ0) is 35.0. The molecule has 14 heteroatoms. The van der Waals surface area contributed by atoms with Crippen LogP contribution < -0.4 is 21.3 Å². The van der Waals surface area contributed by atoms with Gasteiger partial charge in [-0.05, 0) is 80.6 Å². The SMILES string of the molecule is Cn1ccnc1-c1ccc(C2(NC(=O)C3(NC(=O)c4cnc5n4[C@](C)(Cc4ccc(N)cc4)C(=O)N5c4cc(Cl)cc(Cl)c4)CC3)CC2)nc1. The highest BCUT2D eigenvalue weighted by Gasteiger charge is 2.57. The molecule has 1 atom stereocenters. The van der Waals surface area contributed by atoms with Gasteiger partial charge in [-0.1, -0.05) is 35.3 Å². The molecular formula is C36H33Cl2N9O3. The van der Waals surface area contributed by atoms with Crippen molar-refractivity contribution in [1.29, 1.82) is 0 Å². The van der Waals surface area contributed by atoms with Gasteiger partial charge in [-0.15, -0.1) is 0 Å². The highest BCUT2D eigenvalue weighted by atomic mass is 35.5. The Morgan fingerprint density at radius 1 is 0.920 bits per heavy atom. The van der Waals surface area contributed by atoms with Gasteiger partial charge in [0.25, 0.3) is 11.8 Å². The van der Waals surface area contributed by atoms with E-state index in [1.807, 2.05) is 42.1 Å². The Morgan fingerprint density at radius 3 is 2.24 bits per heavy atom. The van der Waals surface area contributed by atoms with E-state index in [2.05, 4.69) is 25.6 Å². The number of carbonyl (C=O) groups excluding carboxylic acids is 3. The van der Waals surface area contributed by atoms with Gasteiger partial charge in [0.1, 0.15) is 22.6 Å². The molecule has 2 fully saturated rings. The molecular weight excluding hydrogens is 677 g/mol. The normalized spacial score (nSPS) is 19.6. The van der Waals surface area contributed by atoms with Crippen molar-refractivity contribution in [3.8, 4) is 11.4 Å². The third-order valence-electron chi connectivity index (χ3n) is 9.94. The average molecular weight is 711 g/mol. The van der Waals surface area contributed by atoms with Gasteiger partial charge in [0.15, 0.2) is 0 Å². The predicted octanol–water partition coefficient (Wildman–Crippen LogP) is 5.27. The van der Waals surface area contributed by atoms with Gasteiger partial charge < -0.3 is 20.9 Å². The van der Waals surface area contributed by atoms with E-state index in [0.717, 1.165) is 35.5 Å². The third-order valence-corrected chi connectivity index (χ3v) is 10.4. The summed E-state index contributed by atoms with van der Waals surface area (Å²) in [5.74, 6) is -0.0605. The number of nitrogens with one attached hydrogen (secondary N) is 2. The predicted molar refractivity (Wildman–Crippen MR) is 189 cm³/mol. The second-order valence-corrected chi connectivity index (χ2v) is 14.5. The fraction of sp³-hybridized carbons (Fsp3) is 0.278. The van der Waals surface area contributed by atoms with Crippen LogP contribution in [0.1, 0.15) is 54.4 Å². The highest BCUT2D eigenvalue weighted by molar-refractivity contribution is 6.35. The molecule has 4 N–H and O–H groups in total. The number of nitrogen functional groups attached to an aromatic ring is 1. The fourth-order valence-electron chi connectivity index (χ4n) is 6.84. The van der Waals surface area contributed by atoms with Crippen LogP contribution in [0.2, 0.25) is 10.0 Å². The number of imidazole rings is 2. The van der Waals surface area contributed by atoms with Gasteiger partial charge in [-0.25, -0.2) is 14.9 Å². The maximum absolute atomic E-state index is 14.4. The number of fused-ring (bicyclic) bond motifs is 1. The second kappa shape index (κ2) is 11.4. The van der Waals surface area contributed by atoms with Crippen molar-refractivity contribution in [2.75, 3.05) is 10.6 Å². The quantitative estimate of drug-likeness (QED) is 0.176. The van der Waals surface area contributed by atoms with Gasteiger partial charge in [0, 0.05) is 53.4 Å². The van der Waals surface area contributed by atoms with Crippen LogP contribution in [0.3, 0.4) is 0 Å². The van der Waals surface area contributed by atoms with Crippen LogP contribution in [0.5, 0.6) is 0 Å². The number of nitrogens with zero attached hydrogens (tertiary/aromatic N) is 6. The number of pyridine rings is 1. The number of nitrogens with two attached hydrogens (primary N) is 1. The largest absolute Gasteiger partial charge is 0.399 e. The Bertz CT molecular complexity index is 2170. The maximum Gasteiger partial charge on any atom is 0.270 e. The van der Waals surface area contributed by atoms with Crippen LogP contribution in [-0.4, -0.2) is 47.3 Å². The molecule has 50 heavy (non-hydrogen) atoms. The second-order valence-electron chi connectivity index (χ2n) is 13.6. The van der Waals surface area contributed by atoms with Crippen molar-refractivity contribution in [3.05, 3.63) is 106 Å². The Hall–Kier alpha value is -5.20. The molecule has 0 bridgehead atoms. The first-order valence-electron chi connectivity index (χ1n) is 16.2. The number of aryl methyl sites for hydroxylation is 1. The molecule has 4 heterocycles. The van der Waals surface area contributed by atoms with Crippen LogP contribution in [0.4, 0.5) is 17.3 Å². The number of halogens is 2. The first-order valence-corrected chi connectivity index (χ1v) is 17.0. The van der Waals surface area contributed by atoms with Gasteiger partial charge in [-0.2, -0.15) is 0 Å². The average Bonchev–Trinajstić information content (AvgIpc) is 3.93. The van der Waals surface area contributed by atoms with Crippen LogP contribution in [0.15, 0.2) is 79.4 Å². The molecule has 3 amide bonds. The first kappa shape index (κ1) is 32.0. The van der Waals surface area contributed by atoms with Gasteiger partial charge in [-0.3, -0.25) is 23.9 Å². The Morgan fingerprint density at radius 2 is 1.64 bits per heavy atom. The summed E-state index contributed by atoms with van der Waals surface area (Å²) in [6.07, 6.45) is 9.47. The fourth-order valence-corrected chi connectivity index (χ4v) is 7.35. The van der Waals surface area contributed by atoms with Crippen LogP contribution in [-0.2, 0) is 34.1 Å². The molecule has 0 spiro atoms. The van der Waals surface area contributed by atoms with Crippen LogP contribution >= 0.6 is 23.2 Å². The molecule has 0 saturated heterocycles.